The molecule has 0 radical (unpaired) electrons. The van der Waals surface area contributed by atoms with Gasteiger partial charge in [-0.3, -0.25) is 0 Å². The van der Waals surface area contributed by atoms with Crippen LogP contribution in [0.4, 0.5) is 0 Å². The van der Waals surface area contributed by atoms with Crippen LogP contribution >= 0.6 is 0 Å². The van der Waals surface area contributed by atoms with Crippen LogP contribution in [0.2, 0.25) is 0 Å². The molecule has 2 N–H and O–H groups in total. The average Bonchev–Trinajstić information content (AvgIpc) is 2.77. The van der Waals surface area contributed by atoms with E-state index in [2.05, 4.69) is 4.42 Å². The van der Waals surface area contributed by atoms with Crippen molar-refractivity contribution in [2.75, 3.05) is 0 Å². The van der Waals surface area contributed by atoms with Gasteiger partial charge in [0.15, 0.2) is 0 Å². The Labute approximate surface area is 82.8 Å². The minimum atomic E-state index is -1.34. The molecule has 2 rings (SSSR count). The highest BCUT2D eigenvalue weighted by Gasteiger charge is 2.07. The monoisotopic (exact) mass is 190 g/mol. The van der Waals surface area contributed by atoms with Crippen LogP contribution in [0.5, 0.6) is 0 Å². The molecule has 0 saturated heterocycles. The normalized spacial score (nSPS) is 8.71. The molecule has 2 aromatic rings. The van der Waals surface area contributed by atoms with Gasteiger partial charge in [0.2, 0.25) is 0 Å². The van der Waals surface area contributed by atoms with E-state index in [0.29, 0.717) is 5.46 Å². The molecule has 1 aromatic carbocycles. The Morgan fingerprint density at radius 2 is 1.43 bits per heavy atom. The second kappa shape index (κ2) is 6.02. The molecule has 0 unspecified atom stereocenters. The zero-order valence-corrected chi connectivity index (χ0v) is 7.58. The minimum absolute atomic E-state index is 0.525. The first-order chi connectivity index (χ1) is 6.80. The van der Waals surface area contributed by atoms with E-state index in [1.165, 1.54) is 0 Å². The second-order valence-corrected chi connectivity index (χ2v) is 2.58. The van der Waals surface area contributed by atoms with Crippen molar-refractivity contribution in [2.24, 2.45) is 0 Å². The Hall–Kier alpha value is -1.52. The molecule has 72 valence electrons. The van der Waals surface area contributed by atoms with Crippen molar-refractivity contribution < 1.29 is 14.5 Å². The van der Waals surface area contributed by atoms with Crippen molar-refractivity contribution in [2.45, 2.75) is 0 Å². The van der Waals surface area contributed by atoms with Crippen LogP contribution in [0.1, 0.15) is 0 Å². The lowest BCUT2D eigenvalue weighted by molar-refractivity contribution is 0.426. The highest BCUT2D eigenvalue weighted by atomic mass is 16.4. The molecule has 1 aromatic heterocycles. The number of furan rings is 1. The van der Waals surface area contributed by atoms with Crippen molar-refractivity contribution >= 4 is 12.6 Å². The van der Waals surface area contributed by atoms with Crippen LogP contribution in [0.3, 0.4) is 0 Å². The van der Waals surface area contributed by atoms with Crippen LogP contribution in [0.15, 0.2) is 59.4 Å². The van der Waals surface area contributed by atoms with Gasteiger partial charge in [-0.05, 0) is 17.6 Å². The van der Waals surface area contributed by atoms with E-state index in [-0.39, 0.29) is 0 Å². The van der Waals surface area contributed by atoms with Gasteiger partial charge < -0.3 is 14.5 Å². The summed E-state index contributed by atoms with van der Waals surface area (Å²) in [4.78, 5) is 0. The van der Waals surface area contributed by atoms with Gasteiger partial charge in [-0.2, -0.15) is 0 Å². The zero-order chi connectivity index (χ0) is 10.2. The minimum Gasteiger partial charge on any atom is -0.473 e. The van der Waals surface area contributed by atoms with Crippen LogP contribution in [0, 0.1) is 0 Å². The maximum atomic E-state index is 8.58. The summed E-state index contributed by atoms with van der Waals surface area (Å²) in [6.45, 7) is 0. The maximum Gasteiger partial charge on any atom is 0.488 e. The molecule has 0 saturated carbocycles. The van der Waals surface area contributed by atoms with Crippen LogP contribution in [0.25, 0.3) is 0 Å². The molecule has 0 aliphatic carbocycles. The third kappa shape index (κ3) is 3.93. The van der Waals surface area contributed by atoms with Gasteiger partial charge in [0.05, 0.1) is 12.5 Å². The van der Waals surface area contributed by atoms with E-state index in [9.17, 15) is 0 Å². The van der Waals surface area contributed by atoms with E-state index >= 15 is 0 Å². The van der Waals surface area contributed by atoms with Gasteiger partial charge >= 0.3 is 7.12 Å². The highest BCUT2D eigenvalue weighted by Crippen LogP contribution is 1.82. The van der Waals surface area contributed by atoms with Gasteiger partial charge in [-0.15, -0.1) is 0 Å². The fourth-order valence-corrected chi connectivity index (χ4v) is 0.852. The molecular weight excluding hydrogens is 179 g/mol. The van der Waals surface area contributed by atoms with Gasteiger partial charge in [-0.1, -0.05) is 30.3 Å². The number of hydrogen-bond donors (Lipinski definition) is 2. The third-order valence-electron chi connectivity index (χ3n) is 1.52. The van der Waals surface area contributed by atoms with Crippen molar-refractivity contribution in [3.63, 3.8) is 0 Å². The molecule has 4 heteroatoms. The molecule has 14 heavy (non-hydrogen) atoms. The Bertz CT molecular complexity index is 301. The smallest absolute Gasteiger partial charge is 0.473 e. The Balaban J connectivity index is 0.000000165. The fraction of sp³-hybridized carbons (Fsp3) is 0. The lowest BCUT2D eigenvalue weighted by Crippen LogP contribution is -2.29. The predicted octanol–water partition coefficient (Wildman–Crippen LogP) is 0.646. The van der Waals surface area contributed by atoms with Gasteiger partial charge in [-0.25, -0.2) is 0 Å². The Kier molecular flexibility index (Phi) is 4.54. The van der Waals surface area contributed by atoms with E-state index in [4.69, 9.17) is 10.0 Å². The van der Waals surface area contributed by atoms with E-state index in [1.807, 2.05) is 18.2 Å². The first-order valence-electron chi connectivity index (χ1n) is 4.19. The lowest BCUT2D eigenvalue weighted by atomic mass is 9.81. The quantitative estimate of drug-likeness (QED) is 0.649. The number of hydrogen-bond acceptors (Lipinski definition) is 3. The van der Waals surface area contributed by atoms with E-state index in [1.54, 1.807) is 36.8 Å². The average molecular weight is 190 g/mol. The van der Waals surface area contributed by atoms with Gasteiger partial charge in [0.1, 0.15) is 0 Å². The molecule has 0 fully saturated rings. The second-order valence-electron chi connectivity index (χ2n) is 2.58. The Morgan fingerprint density at radius 1 is 0.857 bits per heavy atom. The van der Waals surface area contributed by atoms with Crippen LogP contribution < -0.4 is 5.46 Å². The Morgan fingerprint density at radius 3 is 1.71 bits per heavy atom. The zero-order valence-electron chi connectivity index (χ0n) is 7.58. The van der Waals surface area contributed by atoms with Gasteiger partial charge in [0, 0.05) is 0 Å². The molecule has 0 spiro atoms. The topological polar surface area (TPSA) is 53.6 Å². The summed E-state index contributed by atoms with van der Waals surface area (Å²) < 4.78 is 4.58. The molecule has 0 atom stereocenters. The molecule has 0 aliphatic heterocycles. The summed E-state index contributed by atoms with van der Waals surface area (Å²) in [6, 6.07) is 12.3. The fourth-order valence-electron chi connectivity index (χ4n) is 0.852. The molecular formula is C10H11BO3. The van der Waals surface area contributed by atoms with E-state index < -0.39 is 7.12 Å². The first kappa shape index (κ1) is 10.6. The van der Waals surface area contributed by atoms with E-state index in [0.717, 1.165) is 0 Å². The van der Waals surface area contributed by atoms with Crippen molar-refractivity contribution in [3.05, 3.63) is 55.0 Å². The largest absolute Gasteiger partial charge is 0.488 e. The summed E-state index contributed by atoms with van der Waals surface area (Å²) in [7, 11) is -1.34. The van der Waals surface area contributed by atoms with Crippen molar-refractivity contribution in [3.8, 4) is 0 Å². The summed E-state index contributed by atoms with van der Waals surface area (Å²) in [5.41, 5.74) is 0.525. The molecule has 0 bridgehead atoms. The summed E-state index contributed by atoms with van der Waals surface area (Å²) in [6.07, 6.45) is 3.25. The third-order valence-corrected chi connectivity index (χ3v) is 1.52. The van der Waals surface area contributed by atoms with Crippen LogP contribution in [-0.2, 0) is 0 Å². The van der Waals surface area contributed by atoms with Gasteiger partial charge in [0.25, 0.3) is 0 Å². The standard InChI is InChI=1S/C6H7BO2.C4H4O/c8-7(9)6-4-2-1-3-5-6;1-2-4-5-3-1/h1-5,8-9H;1-4H. The molecule has 0 amide bonds. The molecule has 3 nitrogen and oxygen atoms in total. The lowest BCUT2D eigenvalue weighted by Gasteiger charge is -1.94. The SMILES string of the molecule is OB(O)c1ccccc1.c1ccoc1. The summed E-state index contributed by atoms with van der Waals surface area (Å²) in [5.74, 6) is 0. The predicted molar refractivity (Wildman–Crippen MR) is 55.0 cm³/mol. The van der Waals surface area contributed by atoms with Crippen LogP contribution in [-0.4, -0.2) is 17.2 Å². The summed E-state index contributed by atoms with van der Waals surface area (Å²) in [5, 5.41) is 17.2. The van der Waals surface area contributed by atoms with Crippen molar-refractivity contribution in [1.82, 2.24) is 0 Å². The summed E-state index contributed by atoms with van der Waals surface area (Å²) >= 11 is 0. The number of rotatable bonds is 1. The van der Waals surface area contributed by atoms with Crippen molar-refractivity contribution in [1.29, 1.82) is 0 Å². The number of benzene rings is 1. The molecule has 1 heterocycles. The highest BCUT2D eigenvalue weighted by molar-refractivity contribution is 6.58. The molecule has 0 aliphatic rings. The maximum absolute atomic E-state index is 8.58. The first-order valence-corrected chi connectivity index (χ1v) is 4.19.